The number of para-hydroxylation sites is 1. The fourth-order valence-corrected chi connectivity index (χ4v) is 3.55. The van der Waals surface area contributed by atoms with Gasteiger partial charge in [-0.05, 0) is 30.9 Å². The van der Waals surface area contributed by atoms with Crippen molar-refractivity contribution in [3.63, 3.8) is 0 Å². The van der Waals surface area contributed by atoms with E-state index < -0.39 is 0 Å². The predicted molar refractivity (Wildman–Crippen MR) is 112 cm³/mol. The van der Waals surface area contributed by atoms with E-state index in [1.807, 2.05) is 42.7 Å². The number of nitrogens with one attached hydrogen (secondary N) is 1. The highest BCUT2D eigenvalue weighted by molar-refractivity contribution is 7.98. The molecule has 6 heteroatoms. The summed E-state index contributed by atoms with van der Waals surface area (Å²) >= 11 is 1.57. The largest absolute Gasteiger partial charge is 0.320 e. The van der Waals surface area contributed by atoms with Crippen molar-refractivity contribution in [2.45, 2.75) is 37.6 Å². The maximum Gasteiger partial charge on any atom is 0.276 e. The number of nitrogens with zero attached hydrogens (tertiary/aromatic N) is 2. The number of hydrogen-bond acceptors (Lipinski definition) is 4. The number of aromatic nitrogens is 2. The summed E-state index contributed by atoms with van der Waals surface area (Å²) in [4.78, 5) is 26.7. The number of carbonyl (C=O) groups excluding carboxylic acids is 1. The molecule has 0 aliphatic carbocycles. The lowest BCUT2D eigenvalue weighted by Gasteiger charge is -2.12. The Balaban J connectivity index is 2.02. The highest BCUT2D eigenvalue weighted by atomic mass is 32.2. The first-order valence-corrected chi connectivity index (χ1v) is 10.3. The van der Waals surface area contributed by atoms with Gasteiger partial charge in [-0.25, -0.2) is 4.68 Å². The van der Waals surface area contributed by atoms with E-state index >= 15 is 0 Å². The Morgan fingerprint density at radius 1 is 1.07 bits per heavy atom. The van der Waals surface area contributed by atoms with Crippen molar-refractivity contribution in [3.8, 4) is 0 Å². The fourth-order valence-electron chi connectivity index (χ4n) is 3.00. The molecule has 0 atom stereocenters. The molecule has 0 saturated heterocycles. The first kappa shape index (κ1) is 19.2. The van der Waals surface area contributed by atoms with Crippen molar-refractivity contribution < 1.29 is 4.79 Å². The average molecular weight is 382 g/mol. The topological polar surface area (TPSA) is 64.0 Å². The van der Waals surface area contributed by atoms with Crippen LogP contribution < -0.4 is 10.9 Å². The molecule has 0 saturated carbocycles. The van der Waals surface area contributed by atoms with Crippen LogP contribution in [0.3, 0.4) is 0 Å². The molecule has 1 heterocycles. The van der Waals surface area contributed by atoms with Crippen LogP contribution in [0.15, 0.2) is 58.2 Å². The summed E-state index contributed by atoms with van der Waals surface area (Å²) in [5.74, 6) is -0.308. The van der Waals surface area contributed by atoms with Gasteiger partial charge in [-0.3, -0.25) is 9.59 Å². The maximum atomic E-state index is 13.0. The van der Waals surface area contributed by atoms with Crippen LogP contribution in [0, 0.1) is 0 Å². The molecule has 0 spiro atoms. The summed E-state index contributed by atoms with van der Waals surface area (Å²) in [5, 5.41) is 8.45. The van der Waals surface area contributed by atoms with E-state index in [-0.39, 0.29) is 17.2 Å². The lowest BCUT2D eigenvalue weighted by Crippen LogP contribution is -2.27. The standard InChI is InChI=1S/C21H23N3O2S/c1-3-4-9-14-24-21(26)16-11-6-5-10-15(16)19(23-24)20(25)22-17-12-7-8-13-18(17)27-2/h5-8,10-13H,3-4,9,14H2,1-2H3,(H,22,25). The number of aryl methyl sites for hydroxylation is 1. The van der Waals surface area contributed by atoms with Gasteiger partial charge in [-0.15, -0.1) is 11.8 Å². The first-order valence-electron chi connectivity index (χ1n) is 9.10. The van der Waals surface area contributed by atoms with E-state index in [9.17, 15) is 9.59 Å². The van der Waals surface area contributed by atoms with Crippen molar-refractivity contribution >= 4 is 34.1 Å². The van der Waals surface area contributed by atoms with Crippen LogP contribution in [0.1, 0.15) is 36.7 Å². The lowest BCUT2D eigenvalue weighted by molar-refractivity contribution is 0.102. The van der Waals surface area contributed by atoms with E-state index in [1.54, 1.807) is 23.9 Å². The summed E-state index contributed by atoms with van der Waals surface area (Å²) < 4.78 is 1.42. The second kappa shape index (κ2) is 8.86. The molecule has 1 N–H and O–H groups in total. The van der Waals surface area contributed by atoms with Crippen LogP contribution in [0.2, 0.25) is 0 Å². The minimum atomic E-state index is -0.308. The highest BCUT2D eigenvalue weighted by Gasteiger charge is 2.17. The second-order valence-electron chi connectivity index (χ2n) is 6.28. The molecule has 3 rings (SSSR count). The van der Waals surface area contributed by atoms with Crippen LogP contribution in [0.4, 0.5) is 5.69 Å². The minimum absolute atomic E-state index is 0.150. The number of unbranched alkanes of at least 4 members (excludes halogenated alkanes) is 2. The van der Waals surface area contributed by atoms with Gasteiger partial charge in [0, 0.05) is 16.8 Å². The Morgan fingerprint density at radius 3 is 2.52 bits per heavy atom. The molecule has 0 aliphatic heterocycles. The molecular weight excluding hydrogens is 358 g/mol. The molecule has 0 aliphatic rings. The molecule has 0 unspecified atom stereocenters. The minimum Gasteiger partial charge on any atom is -0.320 e. The van der Waals surface area contributed by atoms with Crippen molar-refractivity contribution in [1.82, 2.24) is 9.78 Å². The molecule has 27 heavy (non-hydrogen) atoms. The molecule has 140 valence electrons. The molecule has 0 bridgehead atoms. The van der Waals surface area contributed by atoms with Crippen molar-refractivity contribution in [2.75, 3.05) is 11.6 Å². The van der Waals surface area contributed by atoms with Crippen molar-refractivity contribution in [1.29, 1.82) is 0 Å². The Morgan fingerprint density at radius 2 is 1.78 bits per heavy atom. The zero-order chi connectivity index (χ0) is 19.2. The third-order valence-electron chi connectivity index (χ3n) is 4.41. The second-order valence-corrected chi connectivity index (χ2v) is 7.13. The number of hydrogen-bond donors (Lipinski definition) is 1. The van der Waals surface area contributed by atoms with E-state index in [4.69, 9.17) is 0 Å². The number of amides is 1. The van der Waals surface area contributed by atoms with Gasteiger partial charge in [-0.2, -0.15) is 5.10 Å². The summed E-state index contributed by atoms with van der Waals surface area (Å²) in [6.07, 6.45) is 4.90. The summed E-state index contributed by atoms with van der Waals surface area (Å²) in [7, 11) is 0. The van der Waals surface area contributed by atoms with Gasteiger partial charge in [0.2, 0.25) is 0 Å². The molecule has 2 aromatic carbocycles. The quantitative estimate of drug-likeness (QED) is 0.481. The summed E-state index contributed by atoms with van der Waals surface area (Å²) in [5.41, 5.74) is 0.866. The van der Waals surface area contributed by atoms with Crippen LogP contribution in [0.25, 0.3) is 10.8 Å². The fraction of sp³-hybridized carbons (Fsp3) is 0.286. The molecule has 3 aromatic rings. The highest BCUT2D eigenvalue weighted by Crippen LogP contribution is 2.25. The average Bonchev–Trinajstić information content (AvgIpc) is 2.70. The van der Waals surface area contributed by atoms with E-state index in [1.165, 1.54) is 4.68 Å². The number of benzene rings is 2. The van der Waals surface area contributed by atoms with E-state index in [2.05, 4.69) is 17.3 Å². The number of fused-ring (bicyclic) bond motifs is 1. The molecule has 0 fully saturated rings. The Bertz CT molecular complexity index is 1010. The summed E-state index contributed by atoms with van der Waals surface area (Å²) in [6.45, 7) is 2.62. The van der Waals surface area contributed by atoms with E-state index in [0.717, 1.165) is 29.8 Å². The Kier molecular flexibility index (Phi) is 6.29. The zero-order valence-electron chi connectivity index (χ0n) is 15.6. The molecule has 5 nitrogen and oxygen atoms in total. The number of rotatable bonds is 7. The number of thioether (sulfide) groups is 1. The maximum absolute atomic E-state index is 13.0. The van der Waals surface area contributed by atoms with Crippen LogP contribution >= 0.6 is 11.8 Å². The van der Waals surface area contributed by atoms with Crippen LogP contribution in [0.5, 0.6) is 0 Å². The predicted octanol–water partition coefficient (Wildman–Crippen LogP) is 4.56. The van der Waals surface area contributed by atoms with Gasteiger partial charge in [0.05, 0.1) is 11.1 Å². The van der Waals surface area contributed by atoms with Gasteiger partial charge in [-0.1, -0.05) is 50.1 Å². The number of carbonyl (C=O) groups is 1. The third kappa shape index (κ3) is 4.22. The van der Waals surface area contributed by atoms with Gasteiger partial charge in [0.25, 0.3) is 11.5 Å². The lowest BCUT2D eigenvalue weighted by atomic mass is 10.1. The van der Waals surface area contributed by atoms with Crippen LogP contribution in [-0.4, -0.2) is 21.9 Å². The molecular formula is C21H23N3O2S. The van der Waals surface area contributed by atoms with Crippen molar-refractivity contribution in [3.05, 3.63) is 64.6 Å². The SMILES string of the molecule is CCCCCn1nc(C(=O)Nc2ccccc2SC)c2ccccc2c1=O. The first-order chi connectivity index (χ1) is 13.2. The smallest absolute Gasteiger partial charge is 0.276 e. The molecule has 0 radical (unpaired) electrons. The summed E-state index contributed by atoms with van der Waals surface area (Å²) in [6, 6.07) is 14.8. The third-order valence-corrected chi connectivity index (χ3v) is 5.21. The zero-order valence-corrected chi connectivity index (χ0v) is 16.4. The normalized spacial score (nSPS) is 10.9. The van der Waals surface area contributed by atoms with Gasteiger partial charge < -0.3 is 5.32 Å². The molecule has 1 aromatic heterocycles. The number of anilines is 1. The van der Waals surface area contributed by atoms with Gasteiger partial charge in [0.15, 0.2) is 5.69 Å². The molecule has 1 amide bonds. The monoisotopic (exact) mass is 381 g/mol. The van der Waals surface area contributed by atoms with E-state index in [0.29, 0.717) is 17.3 Å². The van der Waals surface area contributed by atoms with Gasteiger partial charge in [0.1, 0.15) is 0 Å². The Hall–Kier alpha value is -2.60. The van der Waals surface area contributed by atoms with Crippen LogP contribution in [-0.2, 0) is 6.54 Å². The van der Waals surface area contributed by atoms with Gasteiger partial charge >= 0.3 is 0 Å². The van der Waals surface area contributed by atoms with Crippen molar-refractivity contribution in [2.24, 2.45) is 0 Å². The Labute approximate surface area is 162 Å².